The first-order valence-electron chi connectivity index (χ1n) is 6.92. The van der Waals surface area contributed by atoms with Gasteiger partial charge in [-0.05, 0) is 12.8 Å². The Morgan fingerprint density at radius 1 is 1.15 bits per heavy atom. The summed E-state index contributed by atoms with van der Waals surface area (Å²) in [6.07, 6.45) is 3.07. The van der Waals surface area contributed by atoms with Crippen molar-refractivity contribution in [3.63, 3.8) is 0 Å². The van der Waals surface area contributed by atoms with E-state index in [9.17, 15) is 14.7 Å². The number of urea groups is 1. The van der Waals surface area contributed by atoms with Gasteiger partial charge >= 0.3 is 12.0 Å². The summed E-state index contributed by atoms with van der Waals surface area (Å²) < 4.78 is 10.0. The standard InChI is InChI=1S/C13H24N2O5/c1-19-8-9-20-7-6-14-12(18)15-10-13(11(16)17)4-2-3-5-13/h2-10H2,1H3,(H,16,17)(H2,14,15,18). The van der Waals surface area contributed by atoms with Crippen LogP contribution < -0.4 is 10.6 Å². The van der Waals surface area contributed by atoms with Crippen LogP contribution in [0.1, 0.15) is 25.7 Å². The van der Waals surface area contributed by atoms with Crippen LogP contribution in [0.2, 0.25) is 0 Å². The second kappa shape index (κ2) is 8.76. The van der Waals surface area contributed by atoms with Crippen LogP contribution in [0.15, 0.2) is 0 Å². The second-order valence-electron chi connectivity index (χ2n) is 5.01. The lowest BCUT2D eigenvalue weighted by atomic mass is 9.86. The van der Waals surface area contributed by atoms with Gasteiger partial charge in [0.05, 0.1) is 25.2 Å². The molecule has 0 heterocycles. The van der Waals surface area contributed by atoms with E-state index >= 15 is 0 Å². The monoisotopic (exact) mass is 288 g/mol. The fraction of sp³-hybridized carbons (Fsp3) is 0.846. The normalized spacial score (nSPS) is 16.9. The third-order valence-corrected chi connectivity index (χ3v) is 3.57. The highest BCUT2D eigenvalue weighted by Gasteiger charge is 2.41. The van der Waals surface area contributed by atoms with Crippen molar-refractivity contribution in [3.8, 4) is 0 Å². The number of carbonyl (C=O) groups excluding carboxylic acids is 1. The second-order valence-corrected chi connectivity index (χ2v) is 5.01. The van der Waals surface area contributed by atoms with E-state index in [1.54, 1.807) is 7.11 Å². The molecule has 1 rings (SSSR count). The Labute approximate surface area is 119 Å². The van der Waals surface area contributed by atoms with Crippen molar-refractivity contribution in [1.82, 2.24) is 10.6 Å². The summed E-state index contributed by atoms with van der Waals surface area (Å²) in [5, 5.41) is 14.5. The van der Waals surface area contributed by atoms with Crippen LogP contribution in [0, 0.1) is 5.41 Å². The zero-order chi connectivity index (χ0) is 14.8. The summed E-state index contributed by atoms with van der Waals surface area (Å²) in [4.78, 5) is 22.9. The first-order chi connectivity index (χ1) is 9.60. The van der Waals surface area contributed by atoms with Gasteiger partial charge in [0.2, 0.25) is 0 Å². The molecule has 0 spiro atoms. The van der Waals surface area contributed by atoms with Crippen molar-refractivity contribution in [2.45, 2.75) is 25.7 Å². The molecule has 0 unspecified atom stereocenters. The molecular weight excluding hydrogens is 264 g/mol. The molecule has 1 saturated carbocycles. The maximum Gasteiger partial charge on any atom is 0.314 e. The van der Waals surface area contributed by atoms with Gasteiger partial charge in [-0.1, -0.05) is 12.8 Å². The number of carbonyl (C=O) groups is 2. The van der Waals surface area contributed by atoms with Crippen LogP contribution in [0.3, 0.4) is 0 Å². The smallest absolute Gasteiger partial charge is 0.314 e. The maximum atomic E-state index is 11.6. The number of carboxylic acid groups (broad SMARTS) is 1. The van der Waals surface area contributed by atoms with Gasteiger partial charge < -0.3 is 25.2 Å². The Bertz CT molecular complexity index is 316. The lowest BCUT2D eigenvalue weighted by Crippen LogP contribution is -2.45. The van der Waals surface area contributed by atoms with Gasteiger partial charge in [-0.25, -0.2) is 4.79 Å². The number of nitrogens with one attached hydrogen (secondary N) is 2. The number of aliphatic carboxylic acids is 1. The molecule has 2 amide bonds. The number of rotatable bonds is 9. The summed E-state index contributed by atoms with van der Waals surface area (Å²) in [7, 11) is 1.59. The summed E-state index contributed by atoms with van der Waals surface area (Å²) in [5.41, 5.74) is -0.785. The molecule has 116 valence electrons. The third kappa shape index (κ3) is 5.34. The minimum atomic E-state index is -0.821. The minimum Gasteiger partial charge on any atom is -0.481 e. The first kappa shape index (κ1) is 16.7. The van der Waals surface area contributed by atoms with Gasteiger partial charge in [0.15, 0.2) is 0 Å². The average molecular weight is 288 g/mol. The highest BCUT2D eigenvalue weighted by Crippen LogP contribution is 2.37. The highest BCUT2D eigenvalue weighted by atomic mass is 16.5. The van der Waals surface area contributed by atoms with Crippen molar-refractivity contribution in [2.24, 2.45) is 5.41 Å². The van der Waals surface area contributed by atoms with Crippen LogP contribution in [-0.4, -0.2) is 57.1 Å². The Hall–Kier alpha value is -1.34. The molecule has 1 aliphatic carbocycles. The van der Waals surface area contributed by atoms with Crippen LogP contribution in [0.4, 0.5) is 4.79 Å². The fourth-order valence-electron chi connectivity index (χ4n) is 2.31. The minimum absolute atomic E-state index is 0.179. The Morgan fingerprint density at radius 3 is 2.45 bits per heavy atom. The molecule has 0 aliphatic heterocycles. The van der Waals surface area contributed by atoms with Gasteiger partial charge in [-0.15, -0.1) is 0 Å². The van der Waals surface area contributed by atoms with Gasteiger partial charge in [-0.2, -0.15) is 0 Å². The molecule has 0 aromatic carbocycles. The molecule has 1 fully saturated rings. The zero-order valence-corrected chi connectivity index (χ0v) is 11.9. The third-order valence-electron chi connectivity index (χ3n) is 3.57. The van der Waals surface area contributed by atoms with Crippen LogP contribution in [0.5, 0.6) is 0 Å². The topological polar surface area (TPSA) is 96.9 Å². The molecular formula is C13H24N2O5. The molecule has 0 aromatic rings. The number of amides is 2. The SMILES string of the molecule is COCCOCCNC(=O)NCC1(C(=O)O)CCCC1. The molecule has 7 nitrogen and oxygen atoms in total. The predicted octanol–water partition coefficient (Wildman–Crippen LogP) is 0.594. The molecule has 0 aromatic heterocycles. The number of hydrogen-bond donors (Lipinski definition) is 3. The lowest BCUT2D eigenvalue weighted by molar-refractivity contribution is -0.148. The molecule has 0 bridgehead atoms. The van der Waals surface area contributed by atoms with Gasteiger partial charge in [0, 0.05) is 20.2 Å². The van der Waals surface area contributed by atoms with Crippen molar-refractivity contribution < 1.29 is 24.2 Å². The van der Waals surface area contributed by atoms with E-state index in [0.29, 0.717) is 39.2 Å². The van der Waals surface area contributed by atoms with E-state index in [2.05, 4.69) is 10.6 Å². The number of carboxylic acids is 1. The van der Waals surface area contributed by atoms with Gasteiger partial charge in [0.25, 0.3) is 0 Å². The lowest BCUT2D eigenvalue weighted by Gasteiger charge is -2.24. The van der Waals surface area contributed by atoms with Crippen LogP contribution >= 0.6 is 0 Å². The van der Waals surface area contributed by atoms with Gasteiger partial charge in [-0.3, -0.25) is 4.79 Å². The molecule has 3 N–H and O–H groups in total. The van der Waals surface area contributed by atoms with Gasteiger partial charge in [0.1, 0.15) is 0 Å². The number of hydrogen-bond acceptors (Lipinski definition) is 4. The van der Waals surface area contributed by atoms with Crippen LogP contribution in [-0.2, 0) is 14.3 Å². The quantitative estimate of drug-likeness (QED) is 0.540. The highest BCUT2D eigenvalue weighted by molar-refractivity contribution is 5.78. The van der Waals surface area contributed by atoms with E-state index in [1.807, 2.05) is 0 Å². The largest absolute Gasteiger partial charge is 0.481 e. The summed E-state index contributed by atoms with van der Waals surface area (Å²) in [6.45, 7) is 1.98. The number of methoxy groups -OCH3 is 1. The molecule has 0 saturated heterocycles. The van der Waals surface area contributed by atoms with Crippen LogP contribution in [0.25, 0.3) is 0 Å². The molecule has 7 heteroatoms. The molecule has 0 radical (unpaired) electrons. The van der Waals surface area contributed by atoms with Crippen molar-refractivity contribution >= 4 is 12.0 Å². The zero-order valence-electron chi connectivity index (χ0n) is 11.9. The number of ether oxygens (including phenoxy) is 2. The van der Waals surface area contributed by atoms with E-state index in [1.165, 1.54) is 0 Å². The predicted molar refractivity (Wildman–Crippen MR) is 72.6 cm³/mol. The molecule has 1 aliphatic rings. The van der Waals surface area contributed by atoms with E-state index in [0.717, 1.165) is 12.8 Å². The van der Waals surface area contributed by atoms with E-state index in [-0.39, 0.29) is 12.6 Å². The van der Waals surface area contributed by atoms with E-state index < -0.39 is 11.4 Å². The van der Waals surface area contributed by atoms with Crippen molar-refractivity contribution in [2.75, 3.05) is 40.0 Å². The van der Waals surface area contributed by atoms with Crippen molar-refractivity contribution in [3.05, 3.63) is 0 Å². The fourth-order valence-corrected chi connectivity index (χ4v) is 2.31. The van der Waals surface area contributed by atoms with E-state index in [4.69, 9.17) is 9.47 Å². The first-order valence-corrected chi connectivity index (χ1v) is 6.92. The Kier molecular flexibility index (Phi) is 7.32. The summed E-state index contributed by atoms with van der Waals surface area (Å²) >= 11 is 0. The summed E-state index contributed by atoms with van der Waals surface area (Å²) in [5.74, 6) is -0.821. The molecule has 0 atom stereocenters. The maximum absolute atomic E-state index is 11.6. The molecule has 20 heavy (non-hydrogen) atoms. The van der Waals surface area contributed by atoms with Crippen molar-refractivity contribution in [1.29, 1.82) is 0 Å². The Morgan fingerprint density at radius 2 is 1.85 bits per heavy atom. The average Bonchev–Trinajstić information content (AvgIpc) is 2.90. The Balaban J connectivity index is 2.14. The summed E-state index contributed by atoms with van der Waals surface area (Å²) in [6, 6.07) is -0.354.